The molecule has 0 aliphatic carbocycles. The van der Waals surface area contributed by atoms with Gasteiger partial charge >= 0.3 is 0 Å². The first-order chi connectivity index (χ1) is 10.6. The van der Waals surface area contributed by atoms with E-state index in [0.29, 0.717) is 19.6 Å². The number of nitrogens with zero attached hydrogens (tertiary/aromatic N) is 2. The lowest BCUT2D eigenvalue weighted by molar-refractivity contribution is -0.135. The Morgan fingerprint density at radius 2 is 2.05 bits per heavy atom. The number of amides is 1. The number of hydrogen-bond acceptors (Lipinski definition) is 4. The van der Waals surface area contributed by atoms with Crippen molar-refractivity contribution < 1.29 is 9.53 Å². The lowest BCUT2D eigenvalue weighted by Crippen LogP contribution is -2.43. The van der Waals surface area contributed by atoms with Gasteiger partial charge in [0.1, 0.15) is 0 Å². The maximum Gasteiger partial charge on any atom is 0.225 e. The van der Waals surface area contributed by atoms with Gasteiger partial charge in [-0.1, -0.05) is 30.3 Å². The van der Waals surface area contributed by atoms with Crippen molar-refractivity contribution in [3.63, 3.8) is 0 Å². The van der Waals surface area contributed by atoms with Crippen LogP contribution in [0, 0.1) is 0 Å². The summed E-state index contributed by atoms with van der Waals surface area (Å²) in [7, 11) is 4.05. The summed E-state index contributed by atoms with van der Waals surface area (Å²) in [5.41, 5.74) is 1.16. The molecule has 1 aromatic rings. The number of carbonyl (C=O) groups is 1. The van der Waals surface area contributed by atoms with Gasteiger partial charge in [-0.25, -0.2) is 0 Å². The largest absolute Gasteiger partial charge is 0.375 e. The summed E-state index contributed by atoms with van der Waals surface area (Å²) in [5.74, 6) is 0.166. The highest BCUT2D eigenvalue weighted by Crippen LogP contribution is 2.10. The maximum absolute atomic E-state index is 12.6. The molecular formula is C17H27N3O2. The second kappa shape index (κ2) is 8.88. The van der Waals surface area contributed by atoms with Gasteiger partial charge in [0, 0.05) is 32.7 Å². The molecule has 1 amide bonds. The van der Waals surface area contributed by atoms with E-state index in [4.69, 9.17) is 4.74 Å². The molecule has 0 spiro atoms. The Bertz CT molecular complexity index is 444. The molecule has 0 bridgehead atoms. The molecule has 22 heavy (non-hydrogen) atoms. The molecule has 1 N–H and O–H groups in total. The number of nitrogens with one attached hydrogen (secondary N) is 1. The predicted octanol–water partition coefficient (Wildman–Crippen LogP) is 0.955. The van der Waals surface area contributed by atoms with Gasteiger partial charge in [-0.15, -0.1) is 0 Å². The van der Waals surface area contributed by atoms with Crippen LogP contribution in [0.1, 0.15) is 12.0 Å². The minimum atomic E-state index is -0.00104. The number of rotatable bonds is 7. The van der Waals surface area contributed by atoms with Crippen LogP contribution >= 0.6 is 0 Å². The first kappa shape index (κ1) is 16.9. The van der Waals surface area contributed by atoms with Gasteiger partial charge < -0.3 is 19.9 Å². The van der Waals surface area contributed by atoms with E-state index in [2.05, 4.69) is 22.3 Å². The minimum Gasteiger partial charge on any atom is -0.375 e. The molecular weight excluding hydrogens is 278 g/mol. The number of morpholine rings is 1. The fourth-order valence-electron chi connectivity index (χ4n) is 2.49. The number of likely N-dealkylation sites (N-methyl/N-ethyl adjacent to an activating group) is 1. The normalized spacial score (nSPS) is 18.4. The van der Waals surface area contributed by atoms with Gasteiger partial charge in [-0.3, -0.25) is 4.79 Å². The van der Waals surface area contributed by atoms with Crippen molar-refractivity contribution in [2.24, 2.45) is 0 Å². The van der Waals surface area contributed by atoms with E-state index in [0.717, 1.165) is 31.7 Å². The Balaban J connectivity index is 1.94. The average Bonchev–Trinajstić information content (AvgIpc) is 2.53. The zero-order chi connectivity index (χ0) is 15.8. The fraction of sp³-hybridized carbons (Fsp3) is 0.588. The number of benzene rings is 1. The molecule has 1 heterocycles. The third-order valence-corrected chi connectivity index (χ3v) is 3.79. The number of carbonyl (C=O) groups excluding carboxylic acids is 1. The van der Waals surface area contributed by atoms with E-state index < -0.39 is 0 Å². The molecule has 1 fully saturated rings. The molecule has 0 radical (unpaired) electrons. The van der Waals surface area contributed by atoms with Crippen molar-refractivity contribution in [2.45, 2.75) is 19.1 Å². The first-order valence-electron chi connectivity index (χ1n) is 7.94. The van der Waals surface area contributed by atoms with E-state index in [9.17, 15) is 4.79 Å². The summed E-state index contributed by atoms with van der Waals surface area (Å²) in [6, 6.07) is 10.1. The van der Waals surface area contributed by atoms with Crippen molar-refractivity contribution >= 4 is 5.91 Å². The van der Waals surface area contributed by atoms with Gasteiger partial charge in [-0.2, -0.15) is 0 Å². The van der Waals surface area contributed by atoms with Crippen LogP contribution in [-0.4, -0.2) is 68.7 Å². The third-order valence-electron chi connectivity index (χ3n) is 3.79. The highest BCUT2D eigenvalue weighted by atomic mass is 16.5. The molecule has 0 saturated carbocycles. The van der Waals surface area contributed by atoms with Crippen molar-refractivity contribution in [3.8, 4) is 0 Å². The van der Waals surface area contributed by atoms with Crippen LogP contribution in [0.5, 0.6) is 0 Å². The third kappa shape index (κ3) is 5.75. The molecule has 1 aliphatic rings. The van der Waals surface area contributed by atoms with Crippen molar-refractivity contribution in [2.75, 3.05) is 46.9 Å². The Labute approximate surface area is 133 Å². The van der Waals surface area contributed by atoms with Crippen molar-refractivity contribution in [1.82, 2.24) is 15.1 Å². The predicted molar refractivity (Wildman–Crippen MR) is 87.6 cm³/mol. The number of ether oxygens (including phenoxy) is 1. The second-order valence-corrected chi connectivity index (χ2v) is 6.01. The zero-order valence-corrected chi connectivity index (χ0v) is 13.6. The molecule has 1 unspecified atom stereocenters. The summed E-state index contributed by atoms with van der Waals surface area (Å²) >= 11 is 0. The summed E-state index contributed by atoms with van der Waals surface area (Å²) < 4.78 is 5.65. The molecule has 1 aromatic carbocycles. The van der Waals surface area contributed by atoms with Gasteiger partial charge in [0.15, 0.2) is 0 Å². The summed E-state index contributed by atoms with van der Waals surface area (Å²) in [6.07, 6.45) is 0.451. The van der Waals surface area contributed by atoms with Gasteiger partial charge in [-0.05, 0) is 19.7 Å². The molecule has 1 aliphatic heterocycles. The Kier molecular flexibility index (Phi) is 6.83. The van der Waals surface area contributed by atoms with Crippen LogP contribution < -0.4 is 5.32 Å². The van der Waals surface area contributed by atoms with Crippen molar-refractivity contribution in [1.29, 1.82) is 0 Å². The fourth-order valence-corrected chi connectivity index (χ4v) is 2.49. The van der Waals surface area contributed by atoms with Crippen LogP contribution in [0.25, 0.3) is 0 Å². The Morgan fingerprint density at radius 3 is 2.68 bits per heavy atom. The lowest BCUT2D eigenvalue weighted by Gasteiger charge is -2.28. The molecule has 1 saturated heterocycles. The van der Waals surface area contributed by atoms with Gasteiger partial charge in [0.2, 0.25) is 5.91 Å². The van der Waals surface area contributed by atoms with Crippen LogP contribution in [0.15, 0.2) is 30.3 Å². The molecule has 5 nitrogen and oxygen atoms in total. The van der Waals surface area contributed by atoms with E-state index in [1.165, 1.54) is 0 Å². The van der Waals surface area contributed by atoms with Gasteiger partial charge in [0.25, 0.3) is 0 Å². The molecule has 1 atom stereocenters. The highest BCUT2D eigenvalue weighted by molar-refractivity contribution is 5.76. The standard InChI is InChI=1S/C17H27N3O2/c1-19(2)9-10-20(14-15-6-4-3-5-7-15)17(21)12-16-13-18-8-11-22-16/h3-7,16,18H,8-14H2,1-2H3. The van der Waals surface area contributed by atoms with E-state index >= 15 is 0 Å². The monoisotopic (exact) mass is 305 g/mol. The van der Waals surface area contributed by atoms with Crippen LogP contribution in [0.2, 0.25) is 0 Å². The smallest absolute Gasteiger partial charge is 0.225 e. The maximum atomic E-state index is 12.6. The SMILES string of the molecule is CN(C)CCN(Cc1ccccc1)C(=O)CC1CNCCO1. The molecule has 0 aromatic heterocycles. The second-order valence-electron chi connectivity index (χ2n) is 6.01. The zero-order valence-electron chi connectivity index (χ0n) is 13.6. The van der Waals surface area contributed by atoms with Crippen molar-refractivity contribution in [3.05, 3.63) is 35.9 Å². The van der Waals surface area contributed by atoms with Crippen LogP contribution in [0.3, 0.4) is 0 Å². The summed E-state index contributed by atoms with van der Waals surface area (Å²) in [6.45, 7) is 4.59. The quantitative estimate of drug-likeness (QED) is 0.815. The first-order valence-corrected chi connectivity index (χ1v) is 7.94. The van der Waals surface area contributed by atoms with Gasteiger partial charge in [0.05, 0.1) is 19.1 Å². The number of hydrogen-bond donors (Lipinski definition) is 1. The van der Waals surface area contributed by atoms with Crippen LogP contribution in [-0.2, 0) is 16.1 Å². The highest BCUT2D eigenvalue weighted by Gasteiger charge is 2.21. The lowest BCUT2D eigenvalue weighted by atomic mass is 10.1. The van der Waals surface area contributed by atoms with E-state index in [1.807, 2.05) is 37.2 Å². The molecule has 2 rings (SSSR count). The molecule has 122 valence electrons. The summed E-state index contributed by atoms with van der Waals surface area (Å²) in [5, 5.41) is 3.28. The average molecular weight is 305 g/mol. The Hall–Kier alpha value is -1.43. The van der Waals surface area contributed by atoms with E-state index in [1.54, 1.807) is 0 Å². The topological polar surface area (TPSA) is 44.8 Å². The Morgan fingerprint density at radius 1 is 1.27 bits per heavy atom. The summed E-state index contributed by atoms with van der Waals surface area (Å²) in [4.78, 5) is 16.7. The minimum absolute atomic E-state index is 0.00104. The molecule has 5 heteroatoms. The van der Waals surface area contributed by atoms with E-state index in [-0.39, 0.29) is 12.0 Å². The van der Waals surface area contributed by atoms with Crippen LogP contribution in [0.4, 0.5) is 0 Å².